The molecule has 1 aliphatic rings. The first-order valence-corrected chi connectivity index (χ1v) is 7.26. The molecule has 1 atom stereocenters. The fourth-order valence-electron chi connectivity index (χ4n) is 2.11. The lowest BCUT2D eigenvalue weighted by Gasteiger charge is -2.25. The molecule has 0 heterocycles. The predicted octanol–water partition coefficient (Wildman–Crippen LogP) is 2.27. The summed E-state index contributed by atoms with van der Waals surface area (Å²) in [6.07, 6.45) is 1.57. The highest BCUT2D eigenvalue weighted by atomic mass is 16.6. The van der Waals surface area contributed by atoms with Crippen LogP contribution in [0.25, 0.3) is 0 Å². The maximum Gasteiger partial charge on any atom is 0.309 e. The van der Waals surface area contributed by atoms with Gasteiger partial charge >= 0.3 is 5.97 Å². The van der Waals surface area contributed by atoms with Gasteiger partial charge in [0.15, 0.2) is 6.10 Å². The van der Waals surface area contributed by atoms with E-state index < -0.39 is 16.9 Å². The highest BCUT2D eigenvalue weighted by Gasteiger charge is 2.29. The lowest BCUT2D eigenvalue weighted by atomic mass is 9.86. The van der Waals surface area contributed by atoms with E-state index in [1.54, 1.807) is 0 Å². The number of nitro benzene ring substituents is 1. The van der Waals surface area contributed by atoms with Crippen LogP contribution in [0.2, 0.25) is 0 Å². The molecule has 1 fully saturated rings. The zero-order valence-corrected chi connectivity index (χ0v) is 12.9. The van der Waals surface area contributed by atoms with Gasteiger partial charge in [0.25, 0.3) is 11.6 Å². The minimum absolute atomic E-state index is 0.127. The number of hydrogen-bond donors (Lipinski definition) is 1. The number of carbonyl (C=O) groups is 2. The Labute approximate surface area is 132 Å². The fourth-order valence-corrected chi connectivity index (χ4v) is 2.11. The van der Waals surface area contributed by atoms with Crippen molar-refractivity contribution < 1.29 is 24.0 Å². The summed E-state index contributed by atoms with van der Waals surface area (Å²) in [4.78, 5) is 34.1. The average Bonchev–Trinajstić information content (AvgIpc) is 2.44. The van der Waals surface area contributed by atoms with Gasteiger partial charge in [0.05, 0.1) is 23.6 Å². The largest absolute Gasteiger partial charge is 0.495 e. The van der Waals surface area contributed by atoms with Gasteiger partial charge in [-0.3, -0.25) is 19.7 Å². The van der Waals surface area contributed by atoms with Crippen molar-refractivity contribution in [3.8, 4) is 5.75 Å². The highest BCUT2D eigenvalue weighted by molar-refractivity contribution is 5.96. The van der Waals surface area contributed by atoms with Gasteiger partial charge in [0.1, 0.15) is 5.75 Å². The van der Waals surface area contributed by atoms with Crippen molar-refractivity contribution in [2.24, 2.45) is 5.92 Å². The molecule has 0 bridgehead atoms. The second-order valence-corrected chi connectivity index (χ2v) is 5.34. The summed E-state index contributed by atoms with van der Waals surface area (Å²) in [6, 6.07) is 3.85. The summed E-state index contributed by atoms with van der Waals surface area (Å²) in [7, 11) is 1.39. The first-order chi connectivity index (χ1) is 10.9. The molecule has 2 rings (SSSR count). The van der Waals surface area contributed by atoms with E-state index >= 15 is 0 Å². The maximum atomic E-state index is 12.1. The van der Waals surface area contributed by atoms with Gasteiger partial charge in [0, 0.05) is 12.1 Å². The summed E-state index contributed by atoms with van der Waals surface area (Å²) in [6.45, 7) is 1.45. The molecule has 0 unspecified atom stereocenters. The second kappa shape index (κ2) is 7.08. The molecule has 23 heavy (non-hydrogen) atoms. The van der Waals surface area contributed by atoms with Crippen molar-refractivity contribution in [3.05, 3.63) is 28.3 Å². The first kappa shape index (κ1) is 16.7. The van der Waals surface area contributed by atoms with Crippen LogP contribution >= 0.6 is 0 Å². The third-order valence-corrected chi connectivity index (χ3v) is 3.75. The van der Waals surface area contributed by atoms with Crippen molar-refractivity contribution in [2.45, 2.75) is 32.3 Å². The summed E-state index contributed by atoms with van der Waals surface area (Å²) in [5.41, 5.74) is -0.0292. The Hall–Kier alpha value is -2.64. The highest BCUT2D eigenvalue weighted by Crippen LogP contribution is 2.30. The number of hydrogen-bond acceptors (Lipinski definition) is 6. The molecule has 0 aromatic heterocycles. The van der Waals surface area contributed by atoms with Gasteiger partial charge in [-0.15, -0.1) is 0 Å². The summed E-state index contributed by atoms with van der Waals surface area (Å²) >= 11 is 0. The van der Waals surface area contributed by atoms with E-state index in [9.17, 15) is 19.7 Å². The Morgan fingerprint density at radius 1 is 1.39 bits per heavy atom. The van der Waals surface area contributed by atoms with Crippen molar-refractivity contribution >= 4 is 23.3 Å². The number of carbonyl (C=O) groups excluding carboxylic acids is 2. The molecule has 1 aromatic carbocycles. The van der Waals surface area contributed by atoms with Crippen molar-refractivity contribution in [1.29, 1.82) is 0 Å². The number of benzene rings is 1. The molecule has 0 saturated heterocycles. The normalized spacial score (nSPS) is 15.2. The number of non-ortho nitro benzene ring substituents is 1. The van der Waals surface area contributed by atoms with Crippen molar-refractivity contribution in [1.82, 2.24) is 0 Å². The summed E-state index contributed by atoms with van der Waals surface area (Å²) < 4.78 is 10.2. The van der Waals surface area contributed by atoms with Gasteiger partial charge in [-0.25, -0.2) is 0 Å². The van der Waals surface area contributed by atoms with E-state index in [-0.39, 0.29) is 29.0 Å². The second-order valence-electron chi connectivity index (χ2n) is 5.34. The van der Waals surface area contributed by atoms with Gasteiger partial charge in [-0.05, 0) is 25.8 Å². The fraction of sp³-hybridized carbons (Fsp3) is 0.467. The molecule has 0 radical (unpaired) electrons. The van der Waals surface area contributed by atoms with E-state index in [2.05, 4.69) is 5.32 Å². The SMILES string of the molecule is COc1ccc([N+](=O)[O-])cc1NC(=O)[C@H](C)OC(=O)C1CCC1. The Balaban J connectivity index is 2.04. The minimum Gasteiger partial charge on any atom is -0.495 e. The van der Waals surface area contributed by atoms with E-state index in [4.69, 9.17) is 9.47 Å². The molecule has 0 spiro atoms. The number of amides is 1. The van der Waals surface area contributed by atoms with Gasteiger partial charge < -0.3 is 14.8 Å². The number of nitrogens with zero attached hydrogens (tertiary/aromatic N) is 1. The topological polar surface area (TPSA) is 108 Å². The summed E-state index contributed by atoms with van der Waals surface area (Å²) in [5.74, 6) is -0.805. The number of nitrogens with one attached hydrogen (secondary N) is 1. The molecule has 124 valence electrons. The van der Waals surface area contributed by atoms with Gasteiger partial charge in [0.2, 0.25) is 0 Å². The van der Waals surface area contributed by atoms with Crippen LogP contribution in [0.15, 0.2) is 18.2 Å². The Bertz CT molecular complexity index is 626. The van der Waals surface area contributed by atoms with Crippen LogP contribution in [-0.2, 0) is 14.3 Å². The van der Waals surface area contributed by atoms with E-state index in [1.165, 1.54) is 32.2 Å². The molecule has 1 aliphatic carbocycles. The van der Waals surface area contributed by atoms with Crippen LogP contribution in [0.5, 0.6) is 5.75 Å². The third-order valence-electron chi connectivity index (χ3n) is 3.75. The number of rotatable bonds is 6. The predicted molar refractivity (Wildman–Crippen MR) is 81.2 cm³/mol. The molecule has 8 heteroatoms. The van der Waals surface area contributed by atoms with Crippen LogP contribution in [0, 0.1) is 16.0 Å². The molecular weight excluding hydrogens is 304 g/mol. The smallest absolute Gasteiger partial charge is 0.309 e. The zero-order chi connectivity index (χ0) is 17.0. The summed E-state index contributed by atoms with van der Waals surface area (Å²) in [5, 5.41) is 13.3. The van der Waals surface area contributed by atoms with Gasteiger partial charge in [-0.1, -0.05) is 6.42 Å². The number of methoxy groups -OCH3 is 1. The van der Waals surface area contributed by atoms with E-state index in [0.29, 0.717) is 0 Å². The first-order valence-electron chi connectivity index (χ1n) is 7.26. The molecule has 1 aromatic rings. The third kappa shape index (κ3) is 3.97. The Morgan fingerprint density at radius 3 is 2.61 bits per heavy atom. The number of anilines is 1. The lowest BCUT2D eigenvalue weighted by molar-refractivity contribution is -0.384. The van der Waals surface area contributed by atoms with Crippen molar-refractivity contribution in [2.75, 3.05) is 12.4 Å². The van der Waals surface area contributed by atoms with Crippen LogP contribution in [-0.4, -0.2) is 30.0 Å². The molecule has 1 N–H and O–H groups in total. The minimum atomic E-state index is -0.993. The number of esters is 1. The van der Waals surface area contributed by atoms with Crippen LogP contribution in [0.1, 0.15) is 26.2 Å². The van der Waals surface area contributed by atoms with Crippen molar-refractivity contribution in [3.63, 3.8) is 0 Å². The van der Waals surface area contributed by atoms with E-state index in [0.717, 1.165) is 19.3 Å². The maximum absolute atomic E-state index is 12.1. The van der Waals surface area contributed by atoms with Crippen LogP contribution in [0.3, 0.4) is 0 Å². The Morgan fingerprint density at radius 2 is 2.09 bits per heavy atom. The molecule has 1 saturated carbocycles. The average molecular weight is 322 g/mol. The van der Waals surface area contributed by atoms with Crippen LogP contribution < -0.4 is 10.1 Å². The number of nitro groups is 1. The zero-order valence-electron chi connectivity index (χ0n) is 12.9. The van der Waals surface area contributed by atoms with Crippen LogP contribution in [0.4, 0.5) is 11.4 Å². The monoisotopic (exact) mass is 322 g/mol. The number of ether oxygens (including phenoxy) is 2. The molecule has 0 aliphatic heterocycles. The quantitative estimate of drug-likeness (QED) is 0.489. The standard InChI is InChI=1S/C15H18N2O6/c1-9(23-15(19)10-4-3-5-10)14(18)16-12-8-11(17(20)21)6-7-13(12)22-2/h6-10H,3-5H2,1-2H3,(H,16,18)/t9-/m0/s1. The van der Waals surface area contributed by atoms with Gasteiger partial charge in [-0.2, -0.15) is 0 Å². The molecule has 1 amide bonds. The lowest BCUT2D eigenvalue weighted by Crippen LogP contribution is -2.34. The molecular formula is C15H18N2O6. The molecule has 8 nitrogen and oxygen atoms in total. The Kier molecular flexibility index (Phi) is 5.15. The van der Waals surface area contributed by atoms with E-state index in [1.807, 2.05) is 0 Å².